The summed E-state index contributed by atoms with van der Waals surface area (Å²) in [4.78, 5) is 27.1. The molecule has 1 N–H and O–H groups in total. The number of likely N-dealkylation sites (tertiary alicyclic amines) is 1. The Kier molecular flexibility index (Phi) is 6.70. The van der Waals surface area contributed by atoms with Gasteiger partial charge in [0, 0.05) is 38.0 Å². The van der Waals surface area contributed by atoms with Crippen molar-refractivity contribution in [3.8, 4) is 5.75 Å². The predicted molar refractivity (Wildman–Crippen MR) is 121 cm³/mol. The van der Waals surface area contributed by atoms with E-state index in [1.54, 1.807) is 7.11 Å². The highest BCUT2D eigenvalue weighted by Gasteiger charge is 2.28. The lowest BCUT2D eigenvalue weighted by Crippen LogP contribution is -2.38. The van der Waals surface area contributed by atoms with Crippen molar-refractivity contribution in [2.45, 2.75) is 44.6 Å². The second-order valence-corrected chi connectivity index (χ2v) is 8.62. The van der Waals surface area contributed by atoms with E-state index >= 15 is 0 Å². The van der Waals surface area contributed by atoms with Gasteiger partial charge in [-0.25, -0.2) is 9.97 Å². The average Bonchev–Trinajstić information content (AvgIpc) is 2.81. The van der Waals surface area contributed by atoms with Gasteiger partial charge in [0.1, 0.15) is 17.4 Å². The number of anilines is 1. The number of carbonyl (C=O) groups is 1. The molecule has 4 rings (SSSR count). The number of amides is 1. The lowest BCUT2D eigenvalue weighted by Gasteiger charge is -2.32. The van der Waals surface area contributed by atoms with Gasteiger partial charge in [-0.2, -0.15) is 0 Å². The molecular weight excluding hydrogens is 390 g/mol. The van der Waals surface area contributed by atoms with Gasteiger partial charge >= 0.3 is 0 Å². The molecule has 0 aliphatic carbocycles. The molecule has 1 saturated heterocycles. The Hall–Kier alpha value is -2.67. The van der Waals surface area contributed by atoms with E-state index in [2.05, 4.69) is 17.3 Å². The van der Waals surface area contributed by atoms with Crippen LogP contribution in [0.15, 0.2) is 24.3 Å². The quantitative estimate of drug-likeness (QED) is 0.771. The van der Waals surface area contributed by atoms with Crippen LogP contribution >= 0.6 is 0 Å². The van der Waals surface area contributed by atoms with Gasteiger partial charge in [-0.1, -0.05) is 12.1 Å². The zero-order valence-electron chi connectivity index (χ0n) is 18.9. The lowest BCUT2D eigenvalue weighted by molar-refractivity contribution is -0.132. The molecule has 31 heavy (non-hydrogen) atoms. The van der Waals surface area contributed by atoms with E-state index in [1.807, 2.05) is 36.2 Å². The van der Waals surface area contributed by atoms with Crippen LogP contribution in [0.25, 0.3) is 0 Å². The summed E-state index contributed by atoms with van der Waals surface area (Å²) in [6, 6.07) is 7.93. The highest BCUT2D eigenvalue weighted by Crippen LogP contribution is 2.29. The van der Waals surface area contributed by atoms with E-state index < -0.39 is 0 Å². The van der Waals surface area contributed by atoms with Crippen molar-refractivity contribution in [1.29, 1.82) is 0 Å². The number of hydrogen-bond donors (Lipinski definition) is 1. The molecule has 1 amide bonds. The normalized spacial score (nSPS) is 19.1. The second-order valence-electron chi connectivity index (χ2n) is 8.62. The molecule has 0 saturated carbocycles. The SMILES string of the molecule is CNc1nc(C2CCCN(C)C2)nc2c1CCN(C(=O)CCc1ccc(OC)cc1)C2. The molecule has 1 unspecified atom stereocenters. The molecule has 2 aliphatic heterocycles. The zero-order chi connectivity index (χ0) is 21.8. The fourth-order valence-corrected chi connectivity index (χ4v) is 4.63. The maximum absolute atomic E-state index is 12.9. The van der Waals surface area contributed by atoms with Crippen LogP contribution in [0.2, 0.25) is 0 Å². The summed E-state index contributed by atoms with van der Waals surface area (Å²) in [6.07, 6.45) is 4.33. The molecular formula is C24H33N5O2. The molecule has 0 radical (unpaired) electrons. The Bertz CT molecular complexity index is 915. The summed E-state index contributed by atoms with van der Waals surface area (Å²) in [5, 5.41) is 3.27. The molecule has 1 fully saturated rings. The number of piperidine rings is 1. The van der Waals surface area contributed by atoms with Crippen molar-refractivity contribution in [3.63, 3.8) is 0 Å². The zero-order valence-corrected chi connectivity index (χ0v) is 18.9. The molecule has 166 valence electrons. The standard InChI is InChI=1S/C24H33N5O2/c1-25-24-20-12-14-29(22(30)11-8-17-6-9-19(31-3)10-7-17)16-21(20)26-23(27-24)18-5-4-13-28(2)15-18/h6-7,9-10,18H,4-5,8,11-16H2,1-3H3,(H,25,26,27). The van der Waals surface area contributed by atoms with Crippen LogP contribution < -0.4 is 10.1 Å². The number of carbonyl (C=O) groups excluding carboxylic acids is 1. The van der Waals surface area contributed by atoms with Crippen molar-refractivity contribution in [2.24, 2.45) is 0 Å². The summed E-state index contributed by atoms with van der Waals surface area (Å²) in [6.45, 7) is 3.42. The Labute approximate surface area is 184 Å². The van der Waals surface area contributed by atoms with Gasteiger partial charge in [-0.3, -0.25) is 4.79 Å². The van der Waals surface area contributed by atoms with Crippen LogP contribution in [-0.2, 0) is 24.2 Å². The van der Waals surface area contributed by atoms with Gasteiger partial charge in [0.2, 0.25) is 5.91 Å². The molecule has 0 spiro atoms. The minimum Gasteiger partial charge on any atom is -0.497 e. The third kappa shape index (κ3) is 4.98. The third-order valence-corrected chi connectivity index (χ3v) is 6.45. The number of nitrogens with one attached hydrogen (secondary N) is 1. The summed E-state index contributed by atoms with van der Waals surface area (Å²) in [5.41, 5.74) is 3.32. The molecule has 1 aromatic heterocycles. The number of rotatable bonds is 6. The molecule has 2 aromatic rings. The molecule has 1 aromatic carbocycles. The van der Waals surface area contributed by atoms with E-state index in [1.165, 1.54) is 6.42 Å². The number of nitrogens with zero attached hydrogens (tertiary/aromatic N) is 4. The van der Waals surface area contributed by atoms with Crippen LogP contribution in [0.4, 0.5) is 5.82 Å². The summed E-state index contributed by atoms with van der Waals surface area (Å²) >= 11 is 0. The summed E-state index contributed by atoms with van der Waals surface area (Å²) in [7, 11) is 5.74. The molecule has 2 aliphatic rings. The molecule has 7 heteroatoms. The Morgan fingerprint density at radius 2 is 2.03 bits per heavy atom. The van der Waals surface area contributed by atoms with Crippen molar-refractivity contribution in [3.05, 3.63) is 46.9 Å². The van der Waals surface area contributed by atoms with Gasteiger partial charge in [0.15, 0.2) is 0 Å². The molecule has 1 atom stereocenters. The van der Waals surface area contributed by atoms with Gasteiger partial charge in [0.05, 0.1) is 19.3 Å². The second kappa shape index (κ2) is 9.64. The average molecular weight is 424 g/mol. The van der Waals surface area contributed by atoms with E-state index in [0.717, 1.165) is 73.1 Å². The number of ether oxygens (including phenoxy) is 1. The van der Waals surface area contributed by atoms with E-state index in [-0.39, 0.29) is 5.91 Å². The minimum absolute atomic E-state index is 0.185. The molecule has 3 heterocycles. The smallest absolute Gasteiger partial charge is 0.223 e. The van der Waals surface area contributed by atoms with Crippen molar-refractivity contribution < 1.29 is 9.53 Å². The first kappa shape index (κ1) is 21.6. The first-order chi connectivity index (χ1) is 15.1. The summed E-state index contributed by atoms with van der Waals surface area (Å²) in [5.74, 6) is 3.23. The fraction of sp³-hybridized carbons (Fsp3) is 0.542. The van der Waals surface area contributed by atoms with Crippen molar-refractivity contribution in [1.82, 2.24) is 19.8 Å². The van der Waals surface area contributed by atoms with Crippen LogP contribution in [0.5, 0.6) is 5.75 Å². The Morgan fingerprint density at radius 1 is 1.23 bits per heavy atom. The van der Waals surface area contributed by atoms with Gasteiger partial charge in [-0.05, 0) is 57.0 Å². The Morgan fingerprint density at radius 3 is 2.74 bits per heavy atom. The van der Waals surface area contributed by atoms with Crippen molar-refractivity contribution >= 4 is 11.7 Å². The minimum atomic E-state index is 0.185. The number of hydrogen-bond acceptors (Lipinski definition) is 6. The lowest BCUT2D eigenvalue weighted by atomic mass is 9.96. The monoisotopic (exact) mass is 423 g/mol. The fourth-order valence-electron chi connectivity index (χ4n) is 4.63. The van der Waals surface area contributed by atoms with E-state index in [9.17, 15) is 4.79 Å². The number of fused-ring (bicyclic) bond motifs is 1. The third-order valence-electron chi connectivity index (χ3n) is 6.45. The van der Waals surface area contributed by atoms with Crippen LogP contribution in [0, 0.1) is 0 Å². The highest BCUT2D eigenvalue weighted by atomic mass is 16.5. The number of benzene rings is 1. The largest absolute Gasteiger partial charge is 0.497 e. The maximum Gasteiger partial charge on any atom is 0.223 e. The van der Waals surface area contributed by atoms with E-state index in [0.29, 0.717) is 18.9 Å². The first-order valence-corrected chi connectivity index (χ1v) is 11.2. The predicted octanol–water partition coefficient (Wildman–Crippen LogP) is 2.85. The van der Waals surface area contributed by atoms with Gasteiger partial charge in [0.25, 0.3) is 0 Å². The number of likely N-dealkylation sites (N-methyl/N-ethyl adjacent to an activating group) is 1. The van der Waals surface area contributed by atoms with Crippen LogP contribution in [0.1, 0.15) is 47.8 Å². The van der Waals surface area contributed by atoms with Crippen LogP contribution in [0.3, 0.4) is 0 Å². The maximum atomic E-state index is 12.9. The first-order valence-electron chi connectivity index (χ1n) is 11.2. The van der Waals surface area contributed by atoms with E-state index in [4.69, 9.17) is 14.7 Å². The van der Waals surface area contributed by atoms with Gasteiger partial charge in [-0.15, -0.1) is 0 Å². The van der Waals surface area contributed by atoms with Crippen molar-refractivity contribution in [2.75, 3.05) is 46.2 Å². The van der Waals surface area contributed by atoms with Gasteiger partial charge < -0.3 is 19.9 Å². The molecule has 7 nitrogen and oxygen atoms in total. The number of aromatic nitrogens is 2. The highest BCUT2D eigenvalue weighted by molar-refractivity contribution is 5.77. The number of methoxy groups -OCH3 is 1. The number of aryl methyl sites for hydroxylation is 1. The molecule has 0 bridgehead atoms. The topological polar surface area (TPSA) is 70.6 Å². The summed E-state index contributed by atoms with van der Waals surface area (Å²) < 4.78 is 5.21. The Balaban J connectivity index is 1.44. The van der Waals surface area contributed by atoms with Crippen LogP contribution in [-0.4, -0.2) is 66.5 Å².